The molecule has 2 unspecified atom stereocenters. The van der Waals surface area contributed by atoms with Gasteiger partial charge in [-0.25, -0.2) is 4.68 Å². The first kappa shape index (κ1) is 22.7. The molecule has 168 valence electrons. The van der Waals surface area contributed by atoms with E-state index in [9.17, 15) is 14.7 Å². The van der Waals surface area contributed by atoms with E-state index in [4.69, 9.17) is 4.74 Å². The van der Waals surface area contributed by atoms with Crippen LogP contribution in [-0.4, -0.2) is 62.6 Å². The van der Waals surface area contributed by atoms with Gasteiger partial charge in [0.05, 0.1) is 12.3 Å². The van der Waals surface area contributed by atoms with E-state index in [2.05, 4.69) is 15.6 Å². The molecule has 3 rings (SSSR count). The number of carbonyl (C=O) groups is 2. The van der Waals surface area contributed by atoms with Crippen LogP contribution in [-0.2, 0) is 16.2 Å². The molecule has 2 N–H and O–H groups in total. The number of nitrogens with zero attached hydrogens (tertiary/aromatic N) is 4. The molecule has 1 fully saturated rings. The predicted octanol–water partition coefficient (Wildman–Crippen LogP) is 1.46. The molecule has 1 aliphatic rings. The second-order valence-corrected chi connectivity index (χ2v) is 9.07. The minimum Gasteiger partial charge on any atom is -0.487 e. The number of ether oxygens (including phenoxy) is 1. The van der Waals surface area contributed by atoms with Crippen LogP contribution in [0.1, 0.15) is 44.5 Å². The number of nitrogens with one attached hydrogen (secondary N) is 1. The molecule has 3 atom stereocenters. The standard InChI is InChI=1S/C22H31N5O4/c1-14-6-8-17(9-7-14)31-13-15-11-27(25-24-15)19(22(2,3)4)21(30)26-12-16(28)10-18(26)20(29)23-5/h6-9,11,16,18-19,28H,10,12-13H2,1-5H3,(H,23,29)/t16?,18?,19-/m1/s1. The second-order valence-electron chi connectivity index (χ2n) is 9.07. The molecule has 1 aromatic heterocycles. The lowest BCUT2D eigenvalue weighted by Gasteiger charge is -2.34. The molecule has 9 heteroatoms. The van der Waals surface area contributed by atoms with Crippen LogP contribution < -0.4 is 10.1 Å². The van der Waals surface area contributed by atoms with Gasteiger partial charge in [-0.1, -0.05) is 43.7 Å². The number of benzene rings is 1. The number of likely N-dealkylation sites (tertiary alicyclic amines) is 1. The third kappa shape index (κ3) is 5.22. The summed E-state index contributed by atoms with van der Waals surface area (Å²) >= 11 is 0. The Hall–Kier alpha value is -2.94. The van der Waals surface area contributed by atoms with Gasteiger partial charge in [-0.15, -0.1) is 5.10 Å². The Morgan fingerprint density at radius 3 is 2.58 bits per heavy atom. The summed E-state index contributed by atoms with van der Waals surface area (Å²) in [5.74, 6) is 0.167. The molecule has 0 aliphatic carbocycles. The summed E-state index contributed by atoms with van der Waals surface area (Å²) in [7, 11) is 1.52. The maximum atomic E-state index is 13.5. The Morgan fingerprint density at radius 1 is 1.29 bits per heavy atom. The lowest BCUT2D eigenvalue weighted by atomic mass is 9.85. The Kier molecular flexibility index (Phi) is 6.64. The molecule has 0 radical (unpaired) electrons. The number of hydrogen-bond donors (Lipinski definition) is 2. The molecule has 2 aromatic rings. The van der Waals surface area contributed by atoms with E-state index >= 15 is 0 Å². The van der Waals surface area contributed by atoms with Gasteiger partial charge in [-0.3, -0.25) is 9.59 Å². The number of aryl methyl sites for hydroxylation is 1. The van der Waals surface area contributed by atoms with Crippen LogP contribution >= 0.6 is 0 Å². The van der Waals surface area contributed by atoms with Crippen LogP contribution in [0, 0.1) is 12.3 Å². The van der Waals surface area contributed by atoms with E-state index < -0.39 is 23.6 Å². The highest BCUT2D eigenvalue weighted by molar-refractivity contribution is 5.90. The zero-order chi connectivity index (χ0) is 22.8. The van der Waals surface area contributed by atoms with Gasteiger partial charge in [0, 0.05) is 20.0 Å². The van der Waals surface area contributed by atoms with Crippen molar-refractivity contribution in [3.63, 3.8) is 0 Å². The van der Waals surface area contributed by atoms with Gasteiger partial charge in [-0.05, 0) is 24.5 Å². The molecule has 0 saturated carbocycles. The quantitative estimate of drug-likeness (QED) is 0.720. The Bertz CT molecular complexity index is 919. The highest BCUT2D eigenvalue weighted by Gasteiger charge is 2.44. The van der Waals surface area contributed by atoms with Crippen LogP contribution in [0.5, 0.6) is 5.75 Å². The first-order valence-corrected chi connectivity index (χ1v) is 10.4. The third-order valence-corrected chi connectivity index (χ3v) is 5.40. The van der Waals surface area contributed by atoms with E-state index in [-0.39, 0.29) is 31.4 Å². The zero-order valence-corrected chi connectivity index (χ0v) is 18.7. The Balaban J connectivity index is 1.79. The summed E-state index contributed by atoms with van der Waals surface area (Å²) in [6.45, 7) is 8.13. The van der Waals surface area contributed by atoms with Crippen LogP contribution in [0.3, 0.4) is 0 Å². The average Bonchev–Trinajstić information content (AvgIpc) is 3.32. The maximum absolute atomic E-state index is 13.5. The van der Waals surface area contributed by atoms with E-state index in [0.717, 1.165) is 11.3 Å². The van der Waals surface area contributed by atoms with E-state index in [0.29, 0.717) is 5.69 Å². The number of hydrogen-bond acceptors (Lipinski definition) is 6. The van der Waals surface area contributed by atoms with Gasteiger partial charge in [-0.2, -0.15) is 0 Å². The summed E-state index contributed by atoms with van der Waals surface area (Å²) in [6, 6.07) is 6.31. The van der Waals surface area contributed by atoms with Crippen LogP contribution in [0.15, 0.2) is 30.5 Å². The van der Waals surface area contributed by atoms with Crippen molar-refractivity contribution in [2.75, 3.05) is 13.6 Å². The largest absolute Gasteiger partial charge is 0.487 e. The summed E-state index contributed by atoms with van der Waals surface area (Å²) in [5.41, 5.74) is 1.24. The topological polar surface area (TPSA) is 110 Å². The number of aliphatic hydroxyl groups excluding tert-OH is 1. The summed E-state index contributed by atoms with van der Waals surface area (Å²) in [5, 5.41) is 21.0. The van der Waals surface area contributed by atoms with Gasteiger partial charge >= 0.3 is 0 Å². The van der Waals surface area contributed by atoms with Crippen molar-refractivity contribution in [3.05, 3.63) is 41.7 Å². The highest BCUT2D eigenvalue weighted by atomic mass is 16.5. The van der Waals surface area contributed by atoms with Crippen LogP contribution in [0.25, 0.3) is 0 Å². The molecular weight excluding hydrogens is 398 g/mol. The van der Waals surface area contributed by atoms with E-state index in [1.54, 1.807) is 6.20 Å². The molecule has 0 bridgehead atoms. The molecular formula is C22H31N5O4. The number of aromatic nitrogens is 3. The number of amides is 2. The fourth-order valence-corrected chi connectivity index (χ4v) is 3.81. The molecule has 2 heterocycles. The van der Waals surface area contributed by atoms with Gasteiger partial charge in [0.25, 0.3) is 0 Å². The van der Waals surface area contributed by atoms with Crippen molar-refractivity contribution in [2.45, 2.75) is 58.9 Å². The van der Waals surface area contributed by atoms with Crippen molar-refractivity contribution >= 4 is 11.8 Å². The summed E-state index contributed by atoms with van der Waals surface area (Å²) in [4.78, 5) is 27.2. The molecule has 0 spiro atoms. The Morgan fingerprint density at radius 2 is 1.97 bits per heavy atom. The predicted molar refractivity (Wildman–Crippen MR) is 114 cm³/mol. The van der Waals surface area contributed by atoms with E-state index in [1.807, 2.05) is 52.0 Å². The fourth-order valence-electron chi connectivity index (χ4n) is 3.81. The molecule has 1 aromatic carbocycles. The first-order valence-electron chi connectivity index (χ1n) is 10.4. The SMILES string of the molecule is CNC(=O)C1CC(O)CN1C(=O)[C@@H](n1cc(COc2ccc(C)cc2)nn1)C(C)(C)C. The van der Waals surface area contributed by atoms with Crippen molar-refractivity contribution in [3.8, 4) is 5.75 Å². The second kappa shape index (κ2) is 9.05. The number of β-amino-alcohol motifs (C(OH)–C–C–N with tert-alkyl or cyclic N) is 1. The van der Waals surface area contributed by atoms with Gasteiger partial charge in [0.15, 0.2) is 0 Å². The molecule has 2 amide bonds. The maximum Gasteiger partial charge on any atom is 0.248 e. The minimum atomic E-state index is -0.735. The smallest absolute Gasteiger partial charge is 0.248 e. The van der Waals surface area contributed by atoms with Gasteiger partial charge in [0.1, 0.15) is 30.1 Å². The highest BCUT2D eigenvalue weighted by Crippen LogP contribution is 2.34. The summed E-state index contributed by atoms with van der Waals surface area (Å²) in [6.07, 6.45) is 1.18. The van der Waals surface area contributed by atoms with Crippen molar-refractivity contribution < 1.29 is 19.4 Å². The first-order chi connectivity index (χ1) is 14.6. The number of aliphatic hydroxyl groups is 1. The lowest BCUT2D eigenvalue weighted by Crippen LogP contribution is -2.49. The van der Waals surface area contributed by atoms with Crippen molar-refractivity contribution in [1.29, 1.82) is 0 Å². The number of rotatable bonds is 6. The van der Waals surface area contributed by atoms with E-state index in [1.165, 1.54) is 16.6 Å². The average molecular weight is 430 g/mol. The molecule has 31 heavy (non-hydrogen) atoms. The van der Waals surface area contributed by atoms with Gasteiger partial charge < -0.3 is 20.1 Å². The van der Waals surface area contributed by atoms with Crippen molar-refractivity contribution in [1.82, 2.24) is 25.2 Å². The minimum absolute atomic E-state index is 0.113. The molecule has 9 nitrogen and oxygen atoms in total. The van der Waals surface area contributed by atoms with Crippen molar-refractivity contribution in [2.24, 2.45) is 5.41 Å². The lowest BCUT2D eigenvalue weighted by molar-refractivity contribution is -0.144. The third-order valence-electron chi connectivity index (χ3n) is 5.40. The van der Waals surface area contributed by atoms with Gasteiger partial charge in [0.2, 0.25) is 11.8 Å². The normalized spacial score (nSPS) is 19.9. The number of likely N-dealkylation sites (N-methyl/N-ethyl adjacent to an activating group) is 1. The number of carbonyl (C=O) groups excluding carboxylic acids is 2. The molecule has 1 aliphatic heterocycles. The fraction of sp³-hybridized carbons (Fsp3) is 0.545. The summed E-state index contributed by atoms with van der Waals surface area (Å²) < 4.78 is 7.30. The Labute approximate surface area is 182 Å². The monoisotopic (exact) mass is 429 g/mol. The zero-order valence-electron chi connectivity index (χ0n) is 18.7. The van der Waals surface area contributed by atoms with Crippen LogP contribution in [0.2, 0.25) is 0 Å². The van der Waals surface area contributed by atoms with Crippen LogP contribution in [0.4, 0.5) is 0 Å². The molecule has 1 saturated heterocycles.